The molecule has 9 heteroatoms. The van der Waals surface area contributed by atoms with Gasteiger partial charge >= 0.3 is 5.97 Å². The second-order valence-electron chi connectivity index (χ2n) is 9.62. The molecule has 198 valence electrons. The second kappa shape index (κ2) is 9.43. The quantitative estimate of drug-likeness (QED) is 0.165. The normalized spacial score (nSPS) is 12.8. The standard InChI is InChI=1S/C30H26N2O6S/c1-3-4-7-15-37-30(34)26-17(2)38-28-19-10-6-5-9-18(19)24(16-22(26)28)32-39(35,36)25-14-13-23-27-20(25)11-8-12-21(27)29(33)31-23/h5-6,8-14,16,32H,3-4,7,15H2,1-2H3,(H,31,33). The summed E-state index contributed by atoms with van der Waals surface area (Å²) < 4.78 is 41.9. The molecule has 0 atom stereocenters. The van der Waals surface area contributed by atoms with Crippen molar-refractivity contribution in [1.82, 2.24) is 0 Å². The molecular formula is C30H26N2O6S. The zero-order valence-corrected chi connectivity index (χ0v) is 22.3. The van der Waals surface area contributed by atoms with E-state index in [9.17, 15) is 18.0 Å². The third-order valence-corrected chi connectivity index (χ3v) is 8.51. The minimum absolute atomic E-state index is 0.0442. The maximum Gasteiger partial charge on any atom is 0.342 e. The lowest BCUT2D eigenvalue weighted by atomic mass is 10.0. The summed E-state index contributed by atoms with van der Waals surface area (Å²) in [6.45, 7) is 4.07. The van der Waals surface area contributed by atoms with Crippen LogP contribution < -0.4 is 10.0 Å². The summed E-state index contributed by atoms with van der Waals surface area (Å²) >= 11 is 0. The highest BCUT2D eigenvalue weighted by atomic mass is 32.2. The van der Waals surface area contributed by atoms with Gasteiger partial charge in [0, 0.05) is 38.2 Å². The van der Waals surface area contributed by atoms with Crippen LogP contribution in [0, 0.1) is 6.92 Å². The molecule has 2 heterocycles. The van der Waals surface area contributed by atoms with Gasteiger partial charge in [-0.3, -0.25) is 9.52 Å². The van der Waals surface area contributed by atoms with Crippen LogP contribution in [0.5, 0.6) is 0 Å². The Morgan fingerprint density at radius 3 is 2.54 bits per heavy atom. The van der Waals surface area contributed by atoms with Crippen LogP contribution in [0.25, 0.3) is 32.5 Å². The van der Waals surface area contributed by atoms with Crippen molar-refractivity contribution in [3.8, 4) is 0 Å². The van der Waals surface area contributed by atoms with Crippen LogP contribution in [-0.2, 0) is 14.8 Å². The molecular weight excluding hydrogens is 516 g/mol. The summed E-state index contributed by atoms with van der Waals surface area (Å²) in [4.78, 5) is 25.4. The molecule has 1 aliphatic rings. The van der Waals surface area contributed by atoms with Crippen LogP contribution in [0.3, 0.4) is 0 Å². The summed E-state index contributed by atoms with van der Waals surface area (Å²) in [5.41, 5.74) is 2.08. The number of furan rings is 1. The number of unbranched alkanes of at least 4 members (excludes halogenated alkanes) is 2. The van der Waals surface area contributed by atoms with Gasteiger partial charge in [-0.2, -0.15) is 0 Å². The number of fused-ring (bicyclic) bond motifs is 3. The second-order valence-corrected chi connectivity index (χ2v) is 11.3. The fourth-order valence-electron chi connectivity index (χ4n) is 5.26. The third-order valence-electron chi connectivity index (χ3n) is 7.08. The third kappa shape index (κ3) is 4.10. The summed E-state index contributed by atoms with van der Waals surface area (Å²) in [6.07, 6.45) is 2.73. The van der Waals surface area contributed by atoms with Crippen molar-refractivity contribution >= 4 is 65.8 Å². The lowest BCUT2D eigenvalue weighted by Crippen LogP contribution is -2.14. The number of esters is 1. The number of aryl methyl sites for hydroxylation is 1. The number of sulfonamides is 1. The number of rotatable bonds is 8. The molecule has 8 nitrogen and oxygen atoms in total. The van der Waals surface area contributed by atoms with Crippen molar-refractivity contribution in [3.63, 3.8) is 0 Å². The van der Waals surface area contributed by atoms with Crippen molar-refractivity contribution in [2.75, 3.05) is 16.6 Å². The van der Waals surface area contributed by atoms with Crippen molar-refractivity contribution in [1.29, 1.82) is 0 Å². The number of carbonyl (C=O) groups is 2. The van der Waals surface area contributed by atoms with E-state index in [4.69, 9.17) is 9.15 Å². The van der Waals surface area contributed by atoms with Crippen LogP contribution in [0.4, 0.5) is 11.4 Å². The molecule has 39 heavy (non-hydrogen) atoms. The van der Waals surface area contributed by atoms with Crippen molar-refractivity contribution in [2.45, 2.75) is 38.0 Å². The molecule has 2 N–H and O–H groups in total. The fraction of sp³-hybridized carbons (Fsp3) is 0.200. The average molecular weight is 543 g/mol. The van der Waals surface area contributed by atoms with Gasteiger partial charge in [0.05, 0.1) is 17.2 Å². The number of carbonyl (C=O) groups excluding carboxylic acids is 2. The Balaban J connectivity index is 1.47. The Kier molecular flexibility index (Phi) is 6.03. The van der Waals surface area contributed by atoms with Gasteiger partial charge in [0.25, 0.3) is 15.9 Å². The van der Waals surface area contributed by atoms with Crippen molar-refractivity contribution in [2.24, 2.45) is 0 Å². The molecule has 1 amide bonds. The van der Waals surface area contributed by atoms with Gasteiger partial charge in [-0.15, -0.1) is 0 Å². The molecule has 0 aliphatic carbocycles. The molecule has 0 unspecified atom stereocenters. The summed E-state index contributed by atoms with van der Waals surface area (Å²) in [6, 6.07) is 17.0. The Bertz CT molecular complexity index is 1920. The van der Waals surface area contributed by atoms with E-state index in [1.807, 2.05) is 12.1 Å². The van der Waals surface area contributed by atoms with E-state index in [2.05, 4.69) is 17.0 Å². The first-order valence-electron chi connectivity index (χ1n) is 12.8. The number of anilines is 2. The first kappa shape index (κ1) is 24.9. The van der Waals surface area contributed by atoms with Crippen LogP contribution in [0.1, 0.15) is 52.7 Å². The molecule has 0 bridgehead atoms. The van der Waals surface area contributed by atoms with E-state index in [1.165, 1.54) is 6.07 Å². The lowest BCUT2D eigenvalue weighted by Gasteiger charge is -2.14. The molecule has 0 fully saturated rings. The molecule has 0 saturated carbocycles. The molecule has 0 spiro atoms. The smallest absolute Gasteiger partial charge is 0.342 e. The highest BCUT2D eigenvalue weighted by Gasteiger charge is 2.28. The zero-order valence-electron chi connectivity index (χ0n) is 21.5. The first-order chi connectivity index (χ1) is 18.8. The van der Waals surface area contributed by atoms with Gasteiger partial charge in [-0.05, 0) is 37.6 Å². The summed E-state index contributed by atoms with van der Waals surface area (Å²) in [5.74, 6) is -0.365. The Labute approximate surface area is 225 Å². The molecule has 5 aromatic rings. The van der Waals surface area contributed by atoms with Crippen molar-refractivity contribution < 1.29 is 27.2 Å². The number of amides is 1. The number of ether oxygens (including phenoxy) is 1. The number of nitrogens with one attached hydrogen (secondary N) is 2. The van der Waals surface area contributed by atoms with Crippen LogP contribution in [0.15, 0.2) is 70.0 Å². The van der Waals surface area contributed by atoms with Gasteiger partial charge in [-0.1, -0.05) is 56.2 Å². The van der Waals surface area contributed by atoms with Crippen LogP contribution >= 0.6 is 0 Å². The van der Waals surface area contributed by atoms with Gasteiger partial charge in [-0.25, -0.2) is 13.2 Å². The molecule has 4 aromatic carbocycles. The first-order valence-corrected chi connectivity index (χ1v) is 14.3. The predicted molar refractivity (Wildman–Crippen MR) is 151 cm³/mol. The largest absolute Gasteiger partial charge is 0.462 e. The van der Waals surface area contributed by atoms with Crippen LogP contribution in [-0.4, -0.2) is 26.9 Å². The van der Waals surface area contributed by atoms with E-state index >= 15 is 0 Å². The summed E-state index contributed by atoms with van der Waals surface area (Å²) in [5, 5.41) is 5.54. The number of hydrogen-bond acceptors (Lipinski definition) is 6. The van der Waals surface area contributed by atoms with Gasteiger partial charge in [0.2, 0.25) is 0 Å². The fourth-order valence-corrected chi connectivity index (χ4v) is 6.54. The van der Waals surface area contributed by atoms with Crippen molar-refractivity contribution in [3.05, 3.63) is 77.6 Å². The number of hydrogen-bond donors (Lipinski definition) is 2. The maximum absolute atomic E-state index is 13.8. The summed E-state index contributed by atoms with van der Waals surface area (Å²) in [7, 11) is -4.11. The molecule has 6 rings (SSSR count). The number of benzene rings is 4. The maximum atomic E-state index is 13.8. The molecule has 1 aliphatic heterocycles. The molecule has 0 saturated heterocycles. The van der Waals surface area contributed by atoms with E-state index in [0.717, 1.165) is 19.3 Å². The molecule has 0 radical (unpaired) electrons. The minimum atomic E-state index is -4.11. The van der Waals surface area contributed by atoms with E-state index in [0.29, 0.717) is 61.8 Å². The Morgan fingerprint density at radius 1 is 0.974 bits per heavy atom. The predicted octanol–water partition coefficient (Wildman–Crippen LogP) is 6.76. The topological polar surface area (TPSA) is 115 Å². The van der Waals surface area contributed by atoms with Gasteiger partial charge in [0.15, 0.2) is 0 Å². The van der Waals surface area contributed by atoms with Gasteiger partial charge < -0.3 is 14.5 Å². The highest BCUT2D eigenvalue weighted by Crippen LogP contribution is 2.40. The minimum Gasteiger partial charge on any atom is -0.462 e. The monoisotopic (exact) mass is 542 g/mol. The van der Waals surface area contributed by atoms with Crippen LogP contribution in [0.2, 0.25) is 0 Å². The SMILES string of the molecule is CCCCCOC(=O)c1c(C)oc2c1cc(NS(=O)(=O)c1ccc3c4c(cccc14)C(=O)N3)c1ccccc12. The van der Waals surface area contributed by atoms with Gasteiger partial charge in [0.1, 0.15) is 16.9 Å². The average Bonchev–Trinajstić information content (AvgIpc) is 3.43. The zero-order chi connectivity index (χ0) is 27.3. The lowest BCUT2D eigenvalue weighted by molar-refractivity contribution is 0.0498. The van der Waals surface area contributed by atoms with E-state index < -0.39 is 16.0 Å². The highest BCUT2D eigenvalue weighted by molar-refractivity contribution is 7.93. The van der Waals surface area contributed by atoms with E-state index in [-0.39, 0.29) is 16.4 Å². The Morgan fingerprint density at radius 2 is 1.74 bits per heavy atom. The molecule has 1 aromatic heterocycles. The van der Waals surface area contributed by atoms with E-state index in [1.54, 1.807) is 49.4 Å². The Hall–Kier alpha value is -4.37.